The van der Waals surface area contributed by atoms with Crippen molar-refractivity contribution in [2.24, 2.45) is 0 Å². The Morgan fingerprint density at radius 3 is 2.64 bits per heavy atom. The van der Waals surface area contributed by atoms with Gasteiger partial charge in [0.1, 0.15) is 11.3 Å². The number of rotatable bonds is 6. The number of H-pyrrole nitrogens is 2. The van der Waals surface area contributed by atoms with Crippen molar-refractivity contribution >= 4 is 21.9 Å². The van der Waals surface area contributed by atoms with Gasteiger partial charge in [0.05, 0.1) is 23.1 Å². The Hall–Kier alpha value is -4.36. The van der Waals surface area contributed by atoms with E-state index in [1.54, 1.807) is 6.20 Å². The lowest BCUT2D eigenvalue weighted by Crippen LogP contribution is -2.12. The maximum absolute atomic E-state index is 4.64. The molecule has 5 aromatic heterocycles. The minimum absolute atomic E-state index is 0.733. The van der Waals surface area contributed by atoms with Gasteiger partial charge in [-0.15, -0.1) is 0 Å². The lowest BCUT2D eigenvalue weighted by atomic mass is 10.1. The van der Waals surface area contributed by atoms with Gasteiger partial charge in [-0.25, -0.2) is 4.98 Å². The minimum Gasteiger partial charge on any atom is -0.338 e. The maximum Gasteiger partial charge on any atom is 0.137 e. The lowest BCUT2D eigenvalue weighted by Gasteiger charge is -2.07. The van der Waals surface area contributed by atoms with Crippen molar-refractivity contribution in [3.8, 4) is 22.6 Å². The van der Waals surface area contributed by atoms with Crippen LogP contribution in [0.4, 0.5) is 0 Å². The molecule has 0 saturated carbocycles. The van der Waals surface area contributed by atoms with Crippen LogP contribution in [-0.2, 0) is 13.1 Å². The number of hydrogen-bond acceptors (Lipinski definition) is 5. The fraction of sp³-hybridized carbons (Fsp3) is 0.0769. The number of aromatic amines is 2. The largest absolute Gasteiger partial charge is 0.338 e. The third kappa shape index (κ3) is 3.86. The molecule has 33 heavy (non-hydrogen) atoms. The molecule has 5 heterocycles. The fourth-order valence-corrected chi connectivity index (χ4v) is 4.04. The normalized spacial score (nSPS) is 11.4. The maximum atomic E-state index is 4.64. The zero-order chi connectivity index (χ0) is 22.0. The second-order valence-corrected chi connectivity index (χ2v) is 7.98. The first kappa shape index (κ1) is 19.3. The molecule has 160 valence electrons. The summed E-state index contributed by atoms with van der Waals surface area (Å²) in [5.41, 5.74) is 7.70. The molecule has 7 nitrogen and oxygen atoms in total. The summed E-state index contributed by atoms with van der Waals surface area (Å²) in [4.78, 5) is 16.8. The molecule has 0 fully saturated rings. The Kier molecular flexibility index (Phi) is 4.86. The number of nitrogens with one attached hydrogen (secondary N) is 3. The Balaban J connectivity index is 1.28. The highest BCUT2D eigenvalue weighted by Crippen LogP contribution is 2.30. The van der Waals surface area contributed by atoms with Crippen LogP contribution < -0.4 is 5.32 Å². The number of pyridine rings is 3. The predicted octanol–water partition coefficient (Wildman–Crippen LogP) is 4.85. The Labute approximate surface area is 190 Å². The van der Waals surface area contributed by atoms with E-state index < -0.39 is 0 Å². The van der Waals surface area contributed by atoms with Crippen molar-refractivity contribution in [1.82, 2.24) is 35.5 Å². The molecule has 0 atom stereocenters. The SMILES string of the molecule is c1ccc(CNCc2cncc(-c3cc4c(-c5cc6cccnc6[nH]5)n[nH]c4cn3)c2)cc1. The van der Waals surface area contributed by atoms with Crippen molar-refractivity contribution in [3.63, 3.8) is 0 Å². The minimum atomic E-state index is 0.733. The molecular formula is C26H21N7. The summed E-state index contributed by atoms with van der Waals surface area (Å²) in [5, 5.41) is 13.2. The van der Waals surface area contributed by atoms with Crippen LogP contribution >= 0.6 is 0 Å². The van der Waals surface area contributed by atoms with E-state index in [2.05, 4.69) is 77.9 Å². The van der Waals surface area contributed by atoms with Crippen LogP contribution in [0.3, 0.4) is 0 Å². The molecule has 0 aliphatic rings. The molecule has 1 aromatic carbocycles. The Morgan fingerprint density at radius 1 is 0.818 bits per heavy atom. The number of nitrogens with zero attached hydrogens (tertiary/aromatic N) is 4. The van der Waals surface area contributed by atoms with Gasteiger partial charge in [-0.05, 0) is 41.5 Å². The molecule has 0 radical (unpaired) electrons. The summed E-state index contributed by atoms with van der Waals surface area (Å²) in [6.45, 7) is 1.55. The predicted molar refractivity (Wildman–Crippen MR) is 129 cm³/mol. The average Bonchev–Trinajstić information content (AvgIpc) is 3.48. The van der Waals surface area contributed by atoms with E-state index in [9.17, 15) is 0 Å². The van der Waals surface area contributed by atoms with E-state index in [1.165, 1.54) is 5.56 Å². The highest BCUT2D eigenvalue weighted by Gasteiger charge is 2.13. The van der Waals surface area contributed by atoms with Crippen LogP contribution in [0, 0.1) is 0 Å². The highest BCUT2D eigenvalue weighted by molar-refractivity contribution is 5.96. The summed E-state index contributed by atoms with van der Waals surface area (Å²) < 4.78 is 0. The number of fused-ring (bicyclic) bond motifs is 2. The first-order chi connectivity index (χ1) is 16.3. The molecule has 3 N–H and O–H groups in total. The van der Waals surface area contributed by atoms with Crippen molar-refractivity contribution in [2.45, 2.75) is 13.1 Å². The molecule has 7 heteroatoms. The molecule has 0 spiro atoms. The average molecular weight is 432 g/mol. The summed E-state index contributed by atoms with van der Waals surface area (Å²) in [5.74, 6) is 0. The second-order valence-electron chi connectivity index (χ2n) is 7.98. The lowest BCUT2D eigenvalue weighted by molar-refractivity contribution is 0.691. The second kappa shape index (κ2) is 8.29. The fourth-order valence-electron chi connectivity index (χ4n) is 4.04. The Bertz CT molecular complexity index is 1520. The van der Waals surface area contributed by atoms with Gasteiger partial charge in [0, 0.05) is 48.0 Å². The van der Waals surface area contributed by atoms with Gasteiger partial charge < -0.3 is 10.3 Å². The number of hydrogen-bond donors (Lipinski definition) is 3. The smallest absolute Gasteiger partial charge is 0.137 e. The van der Waals surface area contributed by atoms with E-state index in [4.69, 9.17) is 0 Å². The van der Waals surface area contributed by atoms with Gasteiger partial charge in [-0.3, -0.25) is 15.1 Å². The van der Waals surface area contributed by atoms with Gasteiger partial charge in [-0.2, -0.15) is 5.10 Å². The third-order valence-corrected chi connectivity index (χ3v) is 5.69. The van der Waals surface area contributed by atoms with Crippen molar-refractivity contribution in [2.75, 3.05) is 0 Å². The first-order valence-electron chi connectivity index (χ1n) is 10.8. The highest BCUT2D eigenvalue weighted by atomic mass is 15.1. The molecule has 0 aliphatic heterocycles. The first-order valence-corrected chi connectivity index (χ1v) is 10.8. The zero-order valence-corrected chi connectivity index (χ0v) is 17.8. The molecular weight excluding hydrogens is 410 g/mol. The van der Waals surface area contributed by atoms with Crippen LogP contribution in [0.25, 0.3) is 44.6 Å². The van der Waals surface area contributed by atoms with Crippen molar-refractivity contribution in [3.05, 3.63) is 96.6 Å². The van der Waals surface area contributed by atoms with Gasteiger partial charge in [0.25, 0.3) is 0 Å². The molecule has 0 amide bonds. The molecule has 0 saturated heterocycles. The monoisotopic (exact) mass is 431 g/mol. The van der Waals surface area contributed by atoms with E-state index in [0.717, 1.165) is 63.2 Å². The molecule has 0 unspecified atom stereocenters. The van der Waals surface area contributed by atoms with Crippen LogP contribution in [0.15, 0.2) is 85.5 Å². The standard InChI is InChI=1S/C26H21N7/c1-2-5-17(6-3-1)12-27-13-18-9-20(15-28-14-18)22-11-21-24(16-30-22)32-33-25(21)23-10-19-7-4-8-29-26(19)31-23/h1-11,14-16,27H,12-13H2,(H,29,31)(H,32,33). The Morgan fingerprint density at radius 2 is 1.73 bits per heavy atom. The molecule has 6 aromatic rings. The molecule has 0 bridgehead atoms. The van der Waals surface area contributed by atoms with Crippen LogP contribution in [0.5, 0.6) is 0 Å². The van der Waals surface area contributed by atoms with E-state index >= 15 is 0 Å². The summed E-state index contributed by atoms with van der Waals surface area (Å²) >= 11 is 0. The quantitative estimate of drug-likeness (QED) is 0.350. The number of benzene rings is 1. The summed E-state index contributed by atoms with van der Waals surface area (Å²) in [7, 11) is 0. The van der Waals surface area contributed by atoms with E-state index in [0.29, 0.717) is 0 Å². The van der Waals surface area contributed by atoms with Crippen LogP contribution in [0.2, 0.25) is 0 Å². The number of aromatic nitrogens is 6. The van der Waals surface area contributed by atoms with Crippen LogP contribution in [-0.4, -0.2) is 30.1 Å². The van der Waals surface area contributed by atoms with Gasteiger partial charge in [-0.1, -0.05) is 30.3 Å². The van der Waals surface area contributed by atoms with E-state index in [-0.39, 0.29) is 0 Å². The molecule has 6 rings (SSSR count). The van der Waals surface area contributed by atoms with Gasteiger partial charge in [0.15, 0.2) is 0 Å². The van der Waals surface area contributed by atoms with Gasteiger partial charge >= 0.3 is 0 Å². The third-order valence-electron chi connectivity index (χ3n) is 5.69. The topological polar surface area (TPSA) is 95.2 Å². The van der Waals surface area contributed by atoms with Crippen molar-refractivity contribution < 1.29 is 0 Å². The van der Waals surface area contributed by atoms with Crippen LogP contribution in [0.1, 0.15) is 11.1 Å². The zero-order valence-electron chi connectivity index (χ0n) is 17.8. The summed E-state index contributed by atoms with van der Waals surface area (Å²) in [6.07, 6.45) is 7.34. The summed E-state index contributed by atoms with van der Waals surface area (Å²) in [6, 6.07) is 20.6. The van der Waals surface area contributed by atoms with Crippen molar-refractivity contribution in [1.29, 1.82) is 0 Å². The van der Waals surface area contributed by atoms with Gasteiger partial charge in [0.2, 0.25) is 0 Å². The van der Waals surface area contributed by atoms with E-state index in [1.807, 2.05) is 36.8 Å². The molecule has 0 aliphatic carbocycles.